The zero-order valence-electron chi connectivity index (χ0n) is 10.1. The van der Waals surface area contributed by atoms with Crippen LogP contribution in [-0.2, 0) is 12.7 Å². The fraction of sp³-hybridized carbons (Fsp3) is 0.250. The van der Waals surface area contributed by atoms with Crippen LogP contribution in [-0.4, -0.2) is 15.0 Å². The zero-order valence-corrected chi connectivity index (χ0v) is 10.1. The van der Waals surface area contributed by atoms with E-state index >= 15 is 0 Å². The van der Waals surface area contributed by atoms with Crippen LogP contribution in [0.2, 0.25) is 0 Å². The Kier molecular flexibility index (Phi) is 3.64. The number of hydrogen-bond acceptors (Lipinski definition) is 4. The van der Waals surface area contributed by atoms with E-state index in [0.29, 0.717) is 6.54 Å². The molecule has 100 valence electrons. The van der Waals surface area contributed by atoms with Crippen molar-refractivity contribution >= 4 is 5.95 Å². The van der Waals surface area contributed by atoms with Gasteiger partial charge in [-0.3, -0.25) is 0 Å². The molecule has 2 rings (SSSR count). The van der Waals surface area contributed by atoms with Crippen LogP contribution in [0.3, 0.4) is 0 Å². The normalized spacial score (nSPS) is 11.4. The molecule has 0 saturated carbocycles. The maximum Gasteiger partial charge on any atom is 0.451 e. The van der Waals surface area contributed by atoms with Gasteiger partial charge in [0.05, 0.1) is 0 Å². The molecule has 19 heavy (non-hydrogen) atoms. The summed E-state index contributed by atoms with van der Waals surface area (Å²) >= 11 is 0. The van der Waals surface area contributed by atoms with Crippen LogP contribution in [0.25, 0.3) is 0 Å². The van der Waals surface area contributed by atoms with Crippen molar-refractivity contribution < 1.29 is 13.2 Å². The van der Waals surface area contributed by atoms with Crippen LogP contribution < -0.4 is 5.32 Å². The molecule has 0 bridgehead atoms. The molecule has 2 aromatic rings. The third-order valence-electron chi connectivity index (χ3n) is 2.29. The number of nitrogens with one attached hydrogen (secondary N) is 1. The Hall–Kier alpha value is -2.18. The van der Waals surface area contributed by atoms with Crippen LogP contribution in [0, 0.1) is 6.92 Å². The summed E-state index contributed by atoms with van der Waals surface area (Å²) in [5, 5.41) is 2.75. The summed E-state index contributed by atoms with van der Waals surface area (Å²) in [6.45, 7) is 1.74. The first kappa shape index (κ1) is 13.3. The second kappa shape index (κ2) is 5.21. The standard InChI is InChI=1S/C12H11F3N4/c1-8-17-10(12(13,14)15)19-11(18-8)16-7-9-5-3-2-4-6-9/h2-6H,7H2,1H3,(H,16,17,18,19). The fourth-order valence-electron chi connectivity index (χ4n) is 1.46. The van der Waals surface area contributed by atoms with Crippen molar-refractivity contribution in [1.82, 2.24) is 15.0 Å². The molecular formula is C12H11F3N4. The average molecular weight is 268 g/mol. The van der Waals surface area contributed by atoms with E-state index in [0.717, 1.165) is 5.56 Å². The van der Waals surface area contributed by atoms with E-state index in [-0.39, 0.29) is 11.8 Å². The quantitative estimate of drug-likeness (QED) is 0.930. The van der Waals surface area contributed by atoms with E-state index in [4.69, 9.17) is 0 Å². The van der Waals surface area contributed by atoms with Crippen molar-refractivity contribution in [2.24, 2.45) is 0 Å². The number of halogens is 3. The van der Waals surface area contributed by atoms with Crippen LogP contribution in [0.15, 0.2) is 30.3 Å². The summed E-state index contributed by atoms with van der Waals surface area (Å²) in [4.78, 5) is 10.5. The SMILES string of the molecule is Cc1nc(NCc2ccccc2)nc(C(F)(F)F)n1. The van der Waals surface area contributed by atoms with Gasteiger partial charge in [-0.15, -0.1) is 0 Å². The van der Waals surface area contributed by atoms with E-state index in [9.17, 15) is 13.2 Å². The topological polar surface area (TPSA) is 50.7 Å². The summed E-state index contributed by atoms with van der Waals surface area (Å²) in [5.74, 6) is -1.24. The summed E-state index contributed by atoms with van der Waals surface area (Å²) < 4.78 is 37.6. The Morgan fingerprint density at radius 2 is 1.74 bits per heavy atom. The van der Waals surface area contributed by atoms with Crippen LogP contribution in [0.5, 0.6) is 0 Å². The highest BCUT2D eigenvalue weighted by Crippen LogP contribution is 2.26. The monoisotopic (exact) mass is 268 g/mol. The van der Waals surface area contributed by atoms with Crippen molar-refractivity contribution in [1.29, 1.82) is 0 Å². The van der Waals surface area contributed by atoms with Crippen molar-refractivity contribution in [2.75, 3.05) is 5.32 Å². The molecule has 1 N–H and O–H groups in total. The zero-order chi connectivity index (χ0) is 13.9. The molecule has 0 radical (unpaired) electrons. The highest BCUT2D eigenvalue weighted by atomic mass is 19.4. The van der Waals surface area contributed by atoms with Gasteiger partial charge in [0.2, 0.25) is 11.8 Å². The van der Waals surface area contributed by atoms with Gasteiger partial charge in [-0.2, -0.15) is 23.1 Å². The predicted octanol–water partition coefficient (Wildman–Crippen LogP) is 2.81. The molecule has 0 saturated heterocycles. The molecule has 0 fully saturated rings. The smallest absolute Gasteiger partial charge is 0.350 e. The van der Waals surface area contributed by atoms with Crippen molar-refractivity contribution in [3.8, 4) is 0 Å². The van der Waals surface area contributed by atoms with Crippen LogP contribution in [0.1, 0.15) is 17.2 Å². The number of hydrogen-bond donors (Lipinski definition) is 1. The second-order valence-corrected chi connectivity index (χ2v) is 3.87. The number of nitrogens with zero attached hydrogens (tertiary/aromatic N) is 3. The molecule has 0 aliphatic rings. The molecule has 1 heterocycles. The Balaban J connectivity index is 2.15. The van der Waals surface area contributed by atoms with E-state index in [1.807, 2.05) is 30.3 Å². The van der Waals surface area contributed by atoms with Crippen molar-refractivity contribution in [3.63, 3.8) is 0 Å². The summed E-state index contributed by atoms with van der Waals surface area (Å²) in [6.07, 6.45) is -4.57. The molecule has 1 aromatic heterocycles. The number of benzene rings is 1. The van der Waals surface area contributed by atoms with Crippen molar-refractivity contribution in [2.45, 2.75) is 19.6 Å². The lowest BCUT2D eigenvalue weighted by molar-refractivity contribution is -0.145. The Morgan fingerprint density at radius 3 is 2.37 bits per heavy atom. The minimum absolute atomic E-state index is 0.0258. The molecule has 4 nitrogen and oxygen atoms in total. The van der Waals surface area contributed by atoms with Gasteiger partial charge in [0.1, 0.15) is 5.82 Å². The first-order chi connectivity index (χ1) is 8.95. The van der Waals surface area contributed by atoms with Gasteiger partial charge in [-0.1, -0.05) is 30.3 Å². The maximum absolute atomic E-state index is 12.5. The molecule has 0 amide bonds. The number of alkyl halides is 3. The highest BCUT2D eigenvalue weighted by molar-refractivity contribution is 5.28. The van der Waals surface area contributed by atoms with Gasteiger partial charge in [-0.25, -0.2) is 4.98 Å². The highest BCUT2D eigenvalue weighted by Gasteiger charge is 2.35. The fourth-order valence-corrected chi connectivity index (χ4v) is 1.46. The summed E-state index contributed by atoms with van der Waals surface area (Å²) in [7, 11) is 0. The van der Waals surface area contributed by atoms with Crippen LogP contribution in [0.4, 0.5) is 19.1 Å². The summed E-state index contributed by atoms with van der Waals surface area (Å²) in [5.41, 5.74) is 0.925. The molecule has 0 aliphatic heterocycles. The molecular weight excluding hydrogens is 257 g/mol. The molecule has 0 aliphatic carbocycles. The Labute approximate surface area is 107 Å². The first-order valence-electron chi connectivity index (χ1n) is 5.53. The van der Waals surface area contributed by atoms with Crippen molar-refractivity contribution in [3.05, 3.63) is 47.5 Å². The largest absolute Gasteiger partial charge is 0.451 e. The van der Waals surface area contributed by atoms with Gasteiger partial charge in [-0.05, 0) is 12.5 Å². The molecule has 7 heteroatoms. The van der Waals surface area contributed by atoms with E-state index in [1.54, 1.807) is 0 Å². The molecule has 1 aromatic carbocycles. The molecule has 0 unspecified atom stereocenters. The Bertz CT molecular complexity index is 555. The lowest BCUT2D eigenvalue weighted by atomic mass is 10.2. The number of aryl methyl sites for hydroxylation is 1. The molecule has 0 spiro atoms. The Morgan fingerprint density at radius 1 is 1.05 bits per heavy atom. The minimum atomic E-state index is -4.57. The number of aromatic nitrogens is 3. The van der Waals surface area contributed by atoms with E-state index in [1.165, 1.54) is 6.92 Å². The minimum Gasteiger partial charge on any atom is -0.350 e. The van der Waals surface area contributed by atoms with Gasteiger partial charge < -0.3 is 5.32 Å². The van der Waals surface area contributed by atoms with Gasteiger partial charge in [0, 0.05) is 6.54 Å². The van der Waals surface area contributed by atoms with E-state index < -0.39 is 12.0 Å². The average Bonchev–Trinajstić information content (AvgIpc) is 2.36. The van der Waals surface area contributed by atoms with Gasteiger partial charge in [0.15, 0.2) is 0 Å². The van der Waals surface area contributed by atoms with Gasteiger partial charge in [0.25, 0.3) is 0 Å². The predicted molar refractivity (Wildman–Crippen MR) is 63.3 cm³/mol. The molecule has 0 atom stereocenters. The lowest BCUT2D eigenvalue weighted by Crippen LogP contribution is -2.15. The van der Waals surface area contributed by atoms with E-state index in [2.05, 4.69) is 20.3 Å². The van der Waals surface area contributed by atoms with Crippen LogP contribution >= 0.6 is 0 Å². The second-order valence-electron chi connectivity index (χ2n) is 3.87. The van der Waals surface area contributed by atoms with Gasteiger partial charge >= 0.3 is 6.18 Å². The number of rotatable bonds is 3. The summed E-state index contributed by atoms with van der Waals surface area (Å²) in [6, 6.07) is 9.25. The third kappa shape index (κ3) is 3.64. The first-order valence-corrected chi connectivity index (χ1v) is 5.53. The maximum atomic E-state index is 12.5. The lowest BCUT2D eigenvalue weighted by Gasteiger charge is -2.09. The third-order valence-corrected chi connectivity index (χ3v) is 2.29. The number of anilines is 1.